The van der Waals surface area contributed by atoms with E-state index in [1.807, 2.05) is 18.2 Å². The standard InChI is InChI=1S/C24H33N3O5/c1-30-17-4-5-22(31-2)18(12-17)21(28)14-27-8-6-15(7-9-27)10-16-11-19(24(26)29)23(32-3)13-20(16)25/h4-5,11-13,15,21,28H,6-10,14,25H2,1-3H3,(H2,26,29). The first-order valence-corrected chi connectivity index (χ1v) is 10.7. The number of nitrogens with two attached hydrogens (primary N) is 2. The SMILES string of the molecule is COc1ccc(OC)c(C(O)CN2CCC(Cc3cc(C(N)=O)c(OC)cc3N)CC2)c1. The van der Waals surface area contributed by atoms with Gasteiger partial charge < -0.3 is 35.7 Å². The third-order valence-electron chi connectivity index (χ3n) is 6.17. The fourth-order valence-electron chi connectivity index (χ4n) is 4.31. The number of aliphatic hydroxyl groups excluding tert-OH is 1. The normalized spacial score (nSPS) is 15.9. The summed E-state index contributed by atoms with van der Waals surface area (Å²) in [4.78, 5) is 14.0. The number of hydrogen-bond donors (Lipinski definition) is 3. The summed E-state index contributed by atoms with van der Waals surface area (Å²) in [7, 11) is 4.69. The minimum Gasteiger partial charge on any atom is -0.497 e. The van der Waals surface area contributed by atoms with Crippen LogP contribution in [-0.2, 0) is 6.42 Å². The van der Waals surface area contributed by atoms with Gasteiger partial charge in [-0.15, -0.1) is 0 Å². The van der Waals surface area contributed by atoms with Crippen LogP contribution < -0.4 is 25.7 Å². The van der Waals surface area contributed by atoms with Gasteiger partial charge in [0.2, 0.25) is 0 Å². The van der Waals surface area contributed by atoms with E-state index in [-0.39, 0.29) is 0 Å². The van der Waals surface area contributed by atoms with Gasteiger partial charge in [0.05, 0.1) is 33.0 Å². The molecule has 1 heterocycles. The highest BCUT2D eigenvalue weighted by atomic mass is 16.5. The molecule has 0 spiro atoms. The van der Waals surface area contributed by atoms with Crippen molar-refractivity contribution in [3.05, 3.63) is 47.0 Å². The van der Waals surface area contributed by atoms with Gasteiger partial charge in [-0.05, 0) is 68.1 Å². The van der Waals surface area contributed by atoms with Crippen LogP contribution in [0.2, 0.25) is 0 Å². The van der Waals surface area contributed by atoms with Gasteiger partial charge in [-0.1, -0.05) is 0 Å². The van der Waals surface area contributed by atoms with Gasteiger partial charge in [0.15, 0.2) is 0 Å². The Morgan fingerprint density at radius 3 is 2.38 bits per heavy atom. The third kappa shape index (κ3) is 5.44. The third-order valence-corrected chi connectivity index (χ3v) is 6.17. The summed E-state index contributed by atoms with van der Waals surface area (Å²) in [5, 5.41) is 10.8. The molecule has 1 aliphatic rings. The molecule has 1 aliphatic heterocycles. The molecular formula is C24H33N3O5. The molecular weight excluding hydrogens is 410 g/mol. The van der Waals surface area contributed by atoms with Crippen LogP contribution in [0.25, 0.3) is 0 Å². The van der Waals surface area contributed by atoms with Gasteiger partial charge in [0, 0.05) is 23.9 Å². The first kappa shape index (κ1) is 23.7. The number of anilines is 1. The smallest absolute Gasteiger partial charge is 0.252 e. The zero-order valence-corrected chi connectivity index (χ0v) is 19.0. The van der Waals surface area contributed by atoms with Crippen LogP contribution in [0.1, 0.15) is 40.4 Å². The van der Waals surface area contributed by atoms with E-state index in [2.05, 4.69) is 4.90 Å². The highest BCUT2D eigenvalue weighted by molar-refractivity contribution is 5.96. The van der Waals surface area contributed by atoms with Crippen LogP contribution >= 0.6 is 0 Å². The maximum atomic E-state index is 11.7. The number of amides is 1. The number of ether oxygens (including phenoxy) is 3. The molecule has 32 heavy (non-hydrogen) atoms. The number of primary amides is 1. The van der Waals surface area contributed by atoms with Crippen molar-refractivity contribution in [2.24, 2.45) is 11.7 Å². The maximum absolute atomic E-state index is 11.7. The predicted octanol–water partition coefficient (Wildman–Crippen LogP) is 2.38. The second-order valence-corrected chi connectivity index (χ2v) is 8.19. The van der Waals surface area contributed by atoms with Gasteiger partial charge in [-0.3, -0.25) is 4.79 Å². The molecule has 5 N–H and O–H groups in total. The molecule has 1 unspecified atom stereocenters. The van der Waals surface area contributed by atoms with Gasteiger partial charge in [0.1, 0.15) is 17.2 Å². The summed E-state index contributed by atoms with van der Waals surface area (Å²) in [6.45, 7) is 2.26. The first-order chi connectivity index (χ1) is 15.4. The molecule has 2 aromatic rings. The van der Waals surface area contributed by atoms with Crippen LogP contribution in [0, 0.1) is 5.92 Å². The number of nitrogens with zero attached hydrogens (tertiary/aromatic N) is 1. The van der Waals surface area contributed by atoms with Crippen LogP contribution in [0.4, 0.5) is 5.69 Å². The zero-order chi connectivity index (χ0) is 23.3. The quantitative estimate of drug-likeness (QED) is 0.509. The predicted molar refractivity (Wildman–Crippen MR) is 123 cm³/mol. The summed E-state index contributed by atoms with van der Waals surface area (Å²) >= 11 is 0. The number of carbonyl (C=O) groups is 1. The van der Waals surface area contributed by atoms with Crippen molar-refractivity contribution in [2.45, 2.75) is 25.4 Å². The fraction of sp³-hybridized carbons (Fsp3) is 0.458. The van der Waals surface area contributed by atoms with Crippen molar-refractivity contribution < 1.29 is 24.1 Å². The van der Waals surface area contributed by atoms with E-state index >= 15 is 0 Å². The average molecular weight is 444 g/mol. The number of aliphatic hydroxyl groups is 1. The lowest BCUT2D eigenvalue weighted by Crippen LogP contribution is -2.37. The second kappa shape index (κ2) is 10.6. The Bertz CT molecular complexity index is 941. The van der Waals surface area contributed by atoms with Crippen molar-refractivity contribution in [3.63, 3.8) is 0 Å². The summed E-state index contributed by atoms with van der Waals surface area (Å²) in [5.41, 5.74) is 14.3. The number of rotatable bonds is 9. The van der Waals surface area contributed by atoms with Crippen molar-refractivity contribution >= 4 is 11.6 Å². The van der Waals surface area contributed by atoms with Gasteiger partial charge in [-0.2, -0.15) is 0 Å². The largest absolute Gasteiger partial charge is 0.497 e. The van der Waals surface area contributed by atoms with E-state index in [0.29, 0.717) is 41.0 Å². The number of β-amino-alcohol motifs (C(OH)–C–C–N with tert-alkyl or cyclic N) is 1. The Kier molecular flexibility index (Phi) is 7.82. The molecule has 1 saturated heterocycles. The number of carbonyl (C=O) groups excluding carboxylic acids is 1. The van der Waals surface area contributed by atoms with Gasteiger partial charge in [0.25, 0.3) is 5.91 Å². The molecule has 0 saturated carbocycles. The van der Waals surface area contributed by atoms with Crippen LogP contribution in [0.5, 0.6) is 17.2 Å². The molecule has 1 amide bonds. The van der Waals surface area contributed by atoms with E-state index in [4.69, 9.17) is 25.7 Å². The molecule has 1 fully saturated rings. The first-order valence-electron chi connectivity index (χ1n) is 10.7. The second-order valence-electron chi connectivity index (χ2n) is 8.19. The number of hydrogen-bond acceptors (Lipinski definition) is 7. The van der Waals surface area contributed by atoms with Crippen LogP contribution in [0.15, 0.2) is 30.3 Å². The molecule has 1 atom stereocenters. The van der Waals surface area contributed by atoms with Crippen molar-refractivity contribution in [3.8, 4) is 17.2 Å². The van der Waals surface area contributed by atoms with Crippen LogP contribution in [0.3, 0.4) is 0 Å². The number of methoxy groups -OCH3 is 3. The number of likely N-dealkylation sites (tertiary alicyclic amines) is 1. The van der Waals surface area contributed by atoms with Crippen molar-refractivity contribution in [2.75, 3.05) is 46.7 Å². The minimum absolute atomic E-state index is 0.351. The number of nitrogen functional groups attached to an aromatic ring is 1. The summed E-state index contributed by atoms with van der Waals surface area (Å²) in [5.74, 6) is 1.64. The molecule has 2 aromatic carbocycles. The van der Waals surface area contributed by atoms with Crippen LogP contribution in [-0.4, -0.2) is 56.9 Å². The minimum atomic E-state index is -0.674. The fourth-order valence-corrected chi connectivity index (χ4v) is 4.31. The Balaban J connectivity index is 1.60. The molecule has 8 nitrogen and oxygen atoms in total. The lowest BCUT2D eigenvalue weighted by Gasteiger charge is -2.33. The van der Waals surface area contributed by atoms with Gasteiger partial charge >= 0.3 is 0 Å². The summed E-state index contributed by atoms with van der Waals surface area (Å²) in [6, 6.07) is 8.86. The summed E-state index contributed by atoms with van der Waals surface area (Å²) in [6.07, 6.45) is 2.04. The lowest BCUT2D eigenvalue weighted by molar-refractivity contribution is 0.0875. The maximum Gasteiger partial charge on any atom is 0.252 e. The summed E-state index contributed by atoms with van der Waals surface area (Å²) < 4.78 is 15.9. The Hall–Kier alpha value is -2.97. The zero-order valence-electron chi connectivity index (χ0n) is 19.0. The topological polar surface area (TPSA) is 120 Å². The molecule has 3 rings (SSSR count). The molecule has 0 aromatic heterocycles. The Morgan fingerprint density at radius 2 is 1.78 bits per heavy atom. The van der Waals surface area contributed by atoms with E-state index in [1.54, 1.807) is 26.4 Å². The van der Waals surface area contributed by atoms with Crippen molar-refractivity contribution in [1.82, 2.24) is 4.90 Å². The molecule has 0 aliphatic carbocycles. The monoisotopic (exact) mass is 443 g/mol. The highest BCUT2D eigenvalue weighted by Crippen LogP contribution is 2.32. The van der Waals surface area contributed by atoms with E-state index in [1.165, 1.54) is 7.11 Å². The molecule has 0 bridgehead atoms. The number of benzene rings is 2. The van der Waals surface area contributed by atoms with E-state index in [9.17, 15) is 9.90 Å². The molecule has 8 heteroatoms. The Morgan fingerprint density at radius 1 is 1.09 bits per heavy atom. The average Bonchev–Trinajstić information content (AvgIpc) is 2.80. The highest BCUT2D eigenvalue weighted by Gasteiger charge is 2.24. The molecule has 174 valence electrons. The van der Waals surface area contributed by atoms with E-state index in [0.717, 1.165) is 43.5 Å². The van der Waals surface area contributed by atoms with E-state index < -0.39 is 12.0 Å². The van der Waals surface area contributed by atoms with Gasteiger partial charge in [-0.25, -0.2) is 0 Å². The Labute approximate surface area is 189 Å². The van der Waals surface area contributed by atoms with Crippen molar-refractivity contribution in [1.29, 1.82) is 0 Å². The molecule has 0 radical (unpaired) electrons. The lowest BCUT2D eigenvalue weighted by atomic mass is 9.88. The number of piperidine rings is 1.